The van der Waals surface area contributed by atoms with Gasteiger partial charge < -0.3 is 10.6 Å². The largest absolute Gasteiger partial charge is 0.318 e. The fourth-order valence-corrected chi connectivity index (χ4v) is 2.22. The van der Waals surface area contributed by atoms with Crippen LogP contribution in [0.15, 0.2) is 46.9 Å². The Hall–Kier alpha value is -2.14. The van der Waals surface area contributed by atoms with Crippen LogP contribution in [0.25, 0.3) is 0 Å². The first-order valence-electron chi connectivity index (χ1n) is 6.41. The predicted octanol–water partition coefficient (Wildman–Crippen LogP) is 3.64. The lowest BCUT2D eigenvalue weighted by molar-refractivity contribution is -0.133. The maximum Gasteiger partial charge on any atom is 0.314 e. The zero-order valence-corrected chi connectivity index (χ0v) is 13.3. The molecule has 4 nitrogen and oxygen atoms in total. The van der Waals surface area contributed by atoms with Gasteiger partial charge in [0.1, 0.15) is 0 Å². The number of halogens is 1. The van der Waals surface area contributed by atoms with Crippen molar-refractivity contribution in [3.8, 4) is 0 Å². The second kappa shape index (κ2) is 6.54. The SMILES string of the molecule is Cc1cccc(NC(=O)C(=O)Nc2cccc(Br)c2)c1C. The molecular weight excluding hydrogens is 332 g/mol. The molecule has 2 amide bonds. The molecule has 0 bridgehead atoms. The summed E-state index contributed by atoms with van der Waals surface area (Å²) in [5.74, 6) is -1.39. The maximum atomic E-state index is 11.9. The van der Waals surface area contributed by atoms with E-state index in [-0.39, 0.29) is 0 Å². The number of carbonyl (C=O) groups is 2. The fraction of sp³-hybridized carbons (Fsp3) is 0.125. The summed E-state index contributed by atoms with van der Waals surface area (Å²) >= 11 is 3.31. The molecule has 0 aliphatic heterocycles. The first-order chi connectivity index (χ1) is 9.97. The summed E-state index contributed by atoms with van der Waals surface area (Å²) < 4.78 is 0.829. The van der Waals surface area contributed by atoms with Gasteiger partial charge >= 0.3 is 11.8 Å². The molecule has 0 aliphatic rings. The third-order valence-corrected chi connectivity index (χ3v) is 3.63. The van der Waals surface area contributed by atoms with Crippen LogP contribution in [0.4, 0.5) is 11.4 Å². The normalized spacial score (nSPS) is 10.0. The molecule has 0 atom stereocenters. The van der Waals surface area contributed by atoms with E-state index in [0.29, 0.717) is 11.4 Å². The van der Waals surface area contributed by atoms with Crippen molar-refractivity contribution >= 4 is 39.1 Å². The van der Waals surface area contributed by atoms with Gasteiger partial charge in [-0.15, -0.1) is 0 Å². The highest BCUT2D eigenvalue weighted by molar-refractivity contribution is 9.10. The highest BCUT2D eigenvalue weighted by atomic mass is 79.9. The first-order valence-corrected chi connectivity index (χ1v) is 7.21. The van der Waals surface area contributed by atoms with Gasteiger partial charge in [-0.3, -0.25) is 9.59 Å². The number of rotatable bonds is 2. The highest BCUT2D eigenvalue weighted by Gasteiger charge is 2.15. The molecule has 2 aromatic carbocycles. The van der Waals surface area contributed by atoms with E-state index in [1.165, 1.54) is 0 Å². The molecule has 0 heterocycles. The van der Waals surface area contributed by atoms with E-state index >= 15 is 0 Å². The van der Waals surface area contributed by atoms with Crippen LogP contribution in [-0.4, -0.2) is 11.8 Å². The average Bonchev–Trinajstić information content (AvgIpc) is 2.44. The zero-order chi connectivity index (χ0) is 15.4. The Bertz CT molecular complexity index is 698. The fourth-order valence-electron chi connectivity index (χ4n) is 1.82. The number of hydrogen-bond acceptors (Lipinski definition) is 2. The van der Waals surface area contributed by atoms with Crippen LogP contribution in [0.1, 0.15) is 11.1 Å². The Balaban J connectivity index is 2.06. The van der Waals surface area contributed by atoms with E-state index in [2.05, 4.69) is 26.6 Å². The van der Waals surface area contributed by atoms with Gasteiger partial charge in [0.2, 0.25) is 0 Å². The van der Waals surface area contributed by atoms with Gasteiger partial charge in [0.25, 0.3) is 0 Å². The molecule has 2 N–H and O–H groups in total. The minimum atomic E-state index is -0.700. The zero-order valence-electron chi connectivity index (χ0n) is 11.7. The van der Waals surface area contributed by atoms with Crippen molar-refractivity contribution in [2.24, 2.45) is 0 Å². The van der Waals surface area contributed by atoms with E-state index in [4.69, 9.17) is 0 Å². The van der Waals surface area contributed by atoms with Gasteiger partial charge in [0.05, 0.1) is 0 Å². The van der Waals surface area contributed by atoms with Gasteiger partial charge in [-0.1, -0.05) is 34.1 Å². The summed E-state index contributed by atoms with van der Waals surface area (Å²) in [5.41, 5.74) is 3.20. The Morgan fingerprint density at radius 1 is 0.952 bits per heavy atom. The number of hydrogen-bond donors (Lipinski definition) is 2. The monoisotopic (exact) mass is 346 g/mol. The van der Waals surface area contributed by atoms with Crippen LogP contribution in [0.5, 0.6) is 0 Å². The number of anilines is 2. The van der Waals surface area contributed by atoms with E-state index in [1.807, 2.05) is 32.0 Å². The van der Waals surface area contributed by atoms with Crippen molar-refractivity contribution in [3.63, 3.8) is 0 Å². The van der Waals surface area contributed by atoms with Crippen LogP contribution in [0.2, 0.25) is 0 Å². The third kappa shape index (κ3) is 3.92. The van der Waals surface area contributed by atoms with Crippen LogP contribution in [0.3, 0.4) is 0 Å². The summed E-state index contributed by atoms with van der Waals surface area (Å²) in [5, 5.41) is 5.18. The van der Waals surface area contributed by atoms with Crippen molar-refractivity contribution in [2.75, 3.05) is 10.6 Å². The molecule has 0 spiro atoms. The topological polar surface area (TPSA) is 58.2 Å². The first kappa shape index (κ1) is 15.3. The van der Waals surface area contributed by atoms with Crippen molar-refractivity contribution in [3.05, 3.63) is 58.1 Å². The van der Waals surface area contributed by atoms with E-state index in [0.717, 1.165) is 15.6 Å². The lowest BCUT2D eigenvalue weighted by Gasteiger charge is -2.10. The smallest absolute Gasteiger partial charge is 0.314 e. The van der Waals surface area contributed by atoms with Gasteiger partial charge in [0, 0.05) is 15.8 Å². The van der Waals surface area contributed by atoms with Crippen molar-refractivity contribution in [1.29, 1.82) is 0 Å². The second-order valence-electron chi connectivity index (χ2n) is 4.67. The van der Waals surface area contributed by atoms with Crippen LogP contribution in [-0.2, 0) is 9.59 Å². The standard InChI is InChI=1S/C16H15BrN2O2/c1-10-5-3-8-14(11(10)2)19-16(21)15(20)18-13-7-4-6-12(17)9-13/h3-9H,1-2H3,(H,18,20)(H,19,21). The molecule has 2 rings (SSSR count). The summed E-state index contributed by atoms with van der Waals surface area (Å²) in [6, 6.07) is 12.6. The van der Waals surface area contributed by atoms with Crippen LogP contribution in [0, 0.1) is 13.8 Å². The van der Waals surface area contributed by atoms with E-state index in [1.54, 1.807) is 24.3 Å². The highest BCUT2D eigenvalue weighted by Crippen LogP contribution is 2.18. The molecule has 0 saturated carbocycles. The number of amides is 2. The Kier molecular flexibility index (Phi) is 4.75. The van der Waals surface area contributed by atoms with Gasteiger partial charge in [-0.05, 0) is 49.2 Å². The molecule has 5 heteroatoms. The number of aryl methyl sites for hydroxylation is 1. The second-order valence-corrected chi connectivity index (χ2v) is 5.58. The van der Waals surface area contributed by atoms with E-state index < -0.39 is 11.8 Å². The number of benzene rings is 2. The summed E-state index contributed by atoms with van der Waals surface area (Å²) in [7, 11) is 0. The molecule has 0 fully saturated rings. The maximum absolute atomic E-state index is 11.9. The lowest BCUT2D eigenvalue weighted by Crippen LogP contribution is -2.29. The molecule has 0 aliphatic carbocycles. The molecule has 0 aromatic heterocycles. The number of nitrogens with one attached hydrogen (secondary N) is 2. The average molecular weight is 347 g/mol. The molecule has 0 radical (unpaired) electrons. The Labute approximate surface area is 131 Å². The Morgan fingerprint density at radius 3 is 2.33 bits per heavy atom. The molecule has 0 unspecified atom stereocenters. The summed E-state index contributed by atoms with van der Waals surface area (Å²) in [6.07, 6.45) is 0. The van der Waals surface area contributed by atoms with Crippen LogP contribution >= 0.6 is 15.9 Å². The summed E-state index contributed by atoms with van der Waals surface area (Å²) in [6.45, 7) is 3.85. The quantitative estimate of drug-likeness (QED) is 0.815. The Morgan fingerprint density at radius 2 is 1.62 bits per heavy atom. The predicted molar refractivity (Wildman–Crippen MR) is 87.3 cm³/mol. The van der Waals surface area contributed by atoms with Gasteiger partial charge in [-0.2, -0.15) is 0 Å². The lowest BCUT2D eigenvalue weighted by atomic mass is 10.1. The minimum Gasteiger partial charge on any atom is -0.318 e. The number of carbonyl (C=O) groups excluding carboxylic acids is 2. The molecule has 21 heavy (non-hydrogen) atoms. The molecular formula is C16H15BrN2O2. The summed E-state index contributed by atoms with van der Waals surface area (Å²) in [4.78, 5) is 23.8. The minimum absolute atomic E-state index is 0.561. The molecule has 2 aromatic rings. The van der Waals surface area contributed by atoms with Crippen molar-refractivity contribution in [2.45, 2.75) is 13.8 Å². The van der Waals surface area contributed by atoms with E-state index in [9.17, 15) is 9.59 Å². The third-order valence-electron chi connectivity index (χ3n) is 3.14. The van der Waals surface area contributed by atoms with Crippen molar-refractivity contribution in [1.82, 2.24) is 0 Å². The van der Waals surface area contributed by atoms with Crippen LogP contribution < -0.4 is 10.6 Å². The molecule has 108 valence electrons. The van der Waals surface area contributed by atoms with Crippen molar-refractivity contribution < 1.29 is 9.59 Å². The van der Waals surface area contributed by atoms with Gasteiger partial charge in [0.15, 0.2) is 0 Å². The van der Waals surface area contributed by atoms with Gasteiger partial charge in [-0.25, -0.2) is 0 Å². The molecule has 0 saturated heterocycles.